The first-order valence-electron chi connectivity index (χ1n) is 8.39. The Morgan fingerprint density at radius 2 is 1.96 bits per heavy atom. The molecule has 0 unspecified atom stereocenters. The fraction of sp³-hybridized carbons (Fsp3) is 0.300. The third-order valence-electron chi connectivity index (χ3n) is 4.08. The summed E-state index contributed by atoms with van der Waals surface area (Å²) in [6.07, 6.45) is 3.98. The van der Waals surface area contributed by atoms with Crippen LogP contribution in [0.3, 0.4) is 0 Å². The molecule has 0 saturated carbocycles. The molecule has 0 atom stereocenters. The number of thiazole rings is 1. The Balaban J connectivity index is 1.94. The average molecular weight is 337 g/mol. The highest BCUT2D eigenvalue weighted by molar-refractivity contribution is 7.13. The second-order valence-corrected chi connectivity index (χ2v) is 7.18. The molecule has 2 aromatic heterocycles. The first-order chi connectivity index (χ1) is 11.6. The zero-order valence-electron chi connectivity index (χ0n) is 14.4. The molecule has 0 aliphatic heterocycles. The smallest absolute Gasteiger partial charge is 0.124 e. The van der Waals surface area contributed by atoms with E-state index in [1.807, 2.05) is 18.3 Å². The van der Waals surface area contributed by atoms with Crippen LogP contribution in [-0.2, 0) is 6.42 Å². The molecule has 3 aromatic rings. The van der Waals surface area contributed by atoms with Gasteiger partial charge in [-0.1, -0.05) is 33.3 Å². The summed E-state index contributed by atoms with van der Waals surface area (Å²) in [7, 11) is 0. The van der Waals surface area contributed by atoms with Gasteiger partial charge in [0.2, 0.25) is 0 Å². The Kier molecular flexibility index (Phi) is 4.95. The molecule has 2 N–H and O–H groups in total. The van der Waals surface area contributed by atoms with Gasteiger partial charge in [-0.25, -0.2) is 4.98 Å². The van der Waals surface area contributed by atoms with E-state index in [2.05, 4.69) is 49.3 Å². The monoisotopic (exact) mass is 337 g/mol. The van der Waals surface area contributed by atoms with Gasteiger partial charge in [0.15, 0.2) is 0 Å². The van der Waals surface area contributed by atoms with Gasteiger partial charge in [-0.15, -0.1) is 11.3 Å². The molecule has 4 heteroatoms. The van der Waals surface area contributed by atoms with Crippen LogP contribution in [0.25, 0.3) is 21.8 Å². The van der Waals surface area contributed by atoms with Crippen LogP contribution in [0.2, 0.25) is 0 Å². The summed E-state index contributed by atoms with van der Waals surface area (Å²) in [5, 5.41) is 3.15. The van der Waals surface area contributed by atoms with E-state index < -0.39 is 0 Å². The van der Waals surface area contributed by atoms with Crippen molar-refractivity contribution in [1.82, 2.24) is 9.97 Å². The molecule has 3 nitrogen and oxygen atoms in total. The summed E-state index contributed by atoms with van der Waals surface area (Å²) in [5.41, 5.74) is 12.5. The van der Waals surface area contributed by atoms with Crippen molar-refractivity contribution in [2.45, 2.75) is 39.5 Å². The zero-order valence-corrected chi connectivity index (χ0v) is 15.2. The number of aryl methyl sites for hydroxylation is 1. The molecule has 124 valence electrons. The maximum atomic E-state index is 6.09. The highest BCUT2D eigenvalue weighted by Gasteiger charge is 2.11. The van der Waals surface area contributed by atoms with Gasteiger partial charge < -0.3 is 5.73 Å². The quantitative estimate of drug-likeness (QED) is 0.623. The van der Waals surface area contributed by atoms with E-state index in [4.69, 9.17) is 10.7 Å². The minimum atomic E-state index is 0.403. The number of nitrogen functional groups attached to an aromatic ring is 1. The third-order valence-corrected chi connectivity index (χ3v) is 4.97. The number of hydrogen-bond donors (Lipinski definition) is 1. The van der Waals surface area contributed by atoms with Crippen molar-refractivity contribution < 1.29 is 0 Å². The molecule has 2 heterocycles. The van der Waals surface area contributed by atoms with Crippen LogP contribution in [0.5, 0.6) is 0 Å². The lowest BCUT2D eigenvalue weighted by Crippen LogP contribution is -1.96. The molecule has 24 heavy (non-hydrogen) atoms. The lowest BCUT2D eigenvalue weighted by atomic mass is 9.98. The van der Waals surface area contributed by atoms with E-state index in [-0.39, 0.29) is 0 Å². The lowest BCUT2D eigenvalue weighted by Gasteiger charge is -2.10. The van der Waals surface area contributed by atoms with E-state index in [1.165, 1.54) is 5.56 Å². The van der Waals surface area contributed by atoms with Crippen molar-refractivity contribution in [3.8, 4) is 21.8 Å². The third kappa shape index (κ3) is 3.49. The van der Waals surface area contributed by atoms with Crippen LogP contribution in [0.4, 0.5) is 5.69 Å². The van der Waals surface area contributed by atoms with Crippen LogP contribution >= 0.6 is 11.3 Å². The van der Waals surface area contributed by atoms with Gasteiger partial charge in [-0.2, -0.15) is 0 Å². The highest BCUT2D eigenvalue weighted by Crippen LogP contribution is 2.32. The van der Waals surface area contributed by atoms with Gasteiger partial charge in [0.25, 0.3) is 0 Å². The second-order valence-electron chi connectivity index (χ2n) is 6.32. The standard InChI is InChI=1S/C20H23N3S/c1-4-5-16-10-15(8-9-22-16)20-23-19(12-24-20)14-6-7-18(21)17(11-14)13(2)3/h6-13H,4-5,21H2,1-3H3. The summed E-state index contributed by atoms with van der Waals surface area (Å²) in [6, 6.07) is 10.4. The fourth-order valence-electron chi connectivity index (χ4n) is 2.78. The van der Waals surface area contributed by atoms with Crippen LogP contribution in [0.1, 0.15) is 44.4 Å². The SMILES string of the molecule is CCCc1cc(-c2nc(-c3ccc(N)c(C(C)C)c3)cs2)ccn1. The number of nitrogens with two attached hydrogens (primary N) is 1. The topological polar surface area (TPSA) is 51.8 Å². The van der Waals surface area contributed by atoms with Crippen molar-refractivity contribution in [3.63, 3.8) is 0 Å². The Hall–Kier alpha value is -2.20. The molecule has 3 rings (SSSR count). The van der Waals surface area contributed by atoms with Crippen LogP contribution in [-0.4, -0.2) is 9.97 Å². The van der Waals surface area contributed by atoms with Gasteiger partial charge in [0.05, 0.1) is 5.69 Å². The van der Waals surface area contributed by atoms with Crippen molar-refractivity contribution in [3.05, 3.63) is 53.2 Å². The molecular weight excluding hydrogens is 314 g/mol. The predicted molar refractivity (Wildman–Crippen MR) is 103 cm³/mol. The van der Waals surface area contributed by atoms with Crippen molar-refractivity contribution in [2.24, 2.45) is 0 Å². The summed E-state index contributed by atoms with van der Waals surface area (Å²) >= 11 is 1.67. The first-order valence-corrected chi connectivity index (χ1v) is 9.27. The van der Waals surface area contributed by atoms with Crippen LogP contribution in [0.15, 0.2) is 41.9 Å². The molecule has 0 fully saturated rings. The molecule has 0 aliphatic rings. The summed E-state index contributed by atoms with van der Waals surface area (Å²) in [4.78, 5) is 9.26. The van der Waals surface area contributed by atoms with E-state index in [9.17, 15) is 0 Å². The second kappa shape index (κ2) is 7.14. The average Bonchev–Trinajstić information content (AvgIpc) is 3.06. The fourth-order valence-corrected chi connectivity index (χ4v) is 3.60. The normalized spacial score (nSPS) is 11.2. The minimum absolute atomic E-state index is 0.403. The van der Waals surface area contributed by atoms with Gasteiger partial charge in [-0.3, -0.25) is 4.98 Å². The van der Waals surface area contributed by atoms with Crippen molar-refractivity contribution in [2.75, 3.05) is 5.73 Å². The molecule has 0 amide bonds. The van der Waals surface area contributed by atoms with Gasteiger partial charge in [0.1, 0.15) is 5.01 Å². The molecule has 1 aromatic carbocycles. The highest BCUT2D eigenvalue weighted by atomic mass is 32.1. The number of benzene rings is 1. The van der Waals surface area contributed by atoms with Crippen molar-refractivity contribution >= 4 is 17.0 Å². The van der Waals surface area contributed by atoms with Crippen molar-refractivity contribution in [1.29, 1.82) is 0 Å². The Labute approximate surface area is 147 Å². The summed E-state index contributed by atoms with van der Waals surface area (Å²) in [5.74, 6) is 0.403. The number of aromatic nitrogens is 2. The molecule has 0 spiro atoms. The first kappa shape index (κ1) is 16.7. The largest absolute Gasteiger partial charge is 0.398 e. The Bertz CT molecular complexity index is 836. The molecule has 0 radical (unpaired) electrons. The van der Waals surface area contributed by atoms with E-state index in [0.29, 0.717) is 5.92 Å². The predicted octanol–water partition coefficient (Wildman–Crippen LogP) is 5.53. The number of rotatable bonds is 5. The number of anilines is 1. The van der Waals surface area contributed by atoms with Gasteiger partial charge >= 0.3 is 0 Å². The van der Waals surface area contributed by atoms with Gasteiger partial charge in [-0.05, 0) is 42.2 Å². The number of nitrogens with zero attached hydrogens (tertiary/aromatic N) is 2. The Morgan fingerprint density at radius 1 is 1.12 bits per heavy atom. The number of hydrogen-bond acceptors (Lipinski definition) is 4. The molecular formula is C20H23N3S. The molecule has 0 saturated heterocycles. The number of pyridine rings is 1. The van der Waals surface area contributed by atoms with Gasteiger partial charge in [0, 0.05) is 34.1 Å². The van der Waals surface area contributed by atoms with Crippen LogP contribution in [0, 0.1) is 0 Å². The lowest BCUT2D eigenvalue weighted by molar-refractivity contribution is 0.870. The minimum Gasteiger partial charge on any atom is -0.398 e. The van der Waals surface area contributed by atoms with E-state index in [0.717, 1.165) is 46.1 Å². The summed E-state index contributed by atoms with van der Waals surface area (Å²) < 4.78 is 0. The maximum absolute atomic E-state index is 6.09. The molecule has 0 aliphatic carbocycles. The van der Waals surface area contributed by atoms with E-state index in [1.54, 1.807) is 11.3 Å². The van der Waals surface area contributed by atoms with Crippen LogP contribution < -0.4 is 5.73 Å². The van der Waals surface area contributed by atoms with E-state index >= 15 is 0 Å². The maximum Gasteiger partial charge on any atom is 0.124 e. The molecule has 0 bridgehead atoms. The summed E-state index contributed by atoms with van der Waals surface area (Å²) in [6.45, 7) is 6.49. The zero-order chi connectivity index (χ0) is 17.1. The Morgan fingerprint density at radius 3 is 2.71 bits per heavy atom.